The smallest absolute Gasteiger partial charge is 0.132 e. The van der Waals surface area contributed by atoms with Crippen LogP contribution < -0.4 is 11.1 Å². The standard InChI is InChI=1S/C13H22N4/c1-10-15-12(14)9-13(16-10)17-11-7-5-3-2-4-6-8-11/h9,11H,2-8H2,1H3,(H3,14,15,16,17). The van der Waals surface area contributed by atoms with Crippen LogP contribution in [0, 0.1) is 6.92 Å². The summed E-state index contributed by atoms with van der Waals surface area (Å²) in [6.45, 7) is 1.87. The molecule has 0 atom stereocenters. The lowest BCUT2D eigenvalue weighted by Crippen LogP contribution is -2.21. The first kappa shape index (κ1) is 12.1. The van der Waals surface area contributed by atoms with E-state index in [0.717, 1.165) is 11.6 Å². The van der Waals surface area contributed by atoms with Gasteiger partial charge in [-0.2, -0.15) is 0 Å². The molecule has 1 heterocycles. The Kier molecular flexibility index (Phi) is 4.18. The van der Waals surface area contributed by atoms with Crippen molar-refractivity contribution in [2.75, 3.05) is 11.1 Å². The number of rotatable bonds is 2. The Labute approximate surface area is 103 Å². The fourth-order valence-corrected chi connectivity index (χ4v) is 2.47. The predicted molar refractivity (Wildman–Crippen MR) is 70.9 cm³/mol. The largest absolute Gasteiger partial charge is 0.384 e. The van der Waals surface area contributed by atoms with Gasteiger partial charge in [-0.05, 0) is 19.8 Å². The Morgan fingerprint density at radius 3 is 2.41 bits per heavy atom. The van der Waals surface area contributed by atoms with Crippen molar-refractivity contribution in [3.8, 4) is 0 Å². The first-order valence-corrected chi connectivity index (χ1v) is 6.62. The molecule has 1 aliphatic rings. The number of nitrogen functional groups attached to an aromatic ring is 1. The molecule has 1 fully saturated rings. The van der Waals surface area contributed by atoms with E-state index in [1.807, 2.05) is 13.0 Å². The van der Waals surface area contributed by atoms with Crippen LogP contribution >= 0.6 is 0 Å². The Morgan fingerprint density at radius 1 is 1.12 bits per heavy atom. The lowest BCUT2D eigenvalue weighted by atomic mass is 9.97. The molecule has 0 saturated heterocycles. The summed E-state index contributed by atoms with van der Waals surface area (Å²) in [5.74, 6) is 2.16. The van der Waals surface area contributed by atoms with Crippen LogP contribution in [0.1, 0.15) is 50.8 Å². The van der Waals surface area contributed by atoms with E-state index >= 15 is 0 Å². The first-order chi connectivity index (χ1) is 8.24. The molecule has 1 aromatic heterocycles. The second kappa shape index (κ2) is 5.84. The Balaban J connectivity index is 1.97. The summed E-state index contributed by atoms with van der Waals surface area (Å²) in [6.07, 6.45) is 9.23. The van der Waals surface area contributed by atoms with Gasteiger partial charge in [0.15, 0.2) is 0 Å². The molecule has 1 aromatic rings. The van der Waals surface area contributed by atoms with E-state index in [9.17, 15) is 0 Å². The number of nitrogens with one attached hydrogen (secondary N) is 1. The maximum atomic E-state index is 5.73. The highest BCUT2D eigenvalue weighted by atomic mass is 15.1. The minimum Gasteiger partial charge on any atom is -0.384 e. The molecule has 0 bridgehead atoms. The van der Waals surface area contributed by atoms with E-state index in [0.29, 0.717) is 11.9 Å². The monoisotopic (exact) mass is 234 g/mol. The number of hydrogen-bond acceptors (Lipinski definition) is 4. The molecule has 0 unspecified atom stereocenters. The Bertz CT molecular complexity index is 336. The Hall–Kier alpha value is -1.32. The minimum atomic E-state index is 0.545. The number of aryl methyl sites for hydroxylation is 1. The molecule has 3 N–H and O–H groups in total. The highest BCUT2D eigenvalue weighted by Crippen LogP contribution is 2.20. The Morgan fingerprint density at radius 2 is 1.76 bits per heavy atom. The second-order valence-corrected chi connectivity index (χ2v) is 4.91. The van der Waals surface area contributed by atoms with Gasteiger partial charge in [0.1, 0.15) is 17.5 Å². The molecule has 1 aliphatic carbocycles. The molecule has 0 radical (unpaired) electrons. The molecule has 94 valence electrons. The van der Waals surface area contributed by atoms with Crippen LogP contribution in [-0.4, -0.2) is 16.0 Å². The zero-order valence-corrected chi connectivity index (χ0v) is 10.6. The summed E-state index contributed by atoms with van der Waals surface area (Å²) in [6, 6.07) is 2.37. The predicted octanol–water partition coefficient (Wildman–Crippen LogP) is 2.89. The molecule has 0 spiro atoms. The third kappa shape index (κ3) is 3.88. The average molecular weight is 234 g/mol. The van der Waals surface area contributed by atoms with Crippen LogP contribution in [0.15, 0.2) is 6.07 Å². The van der Waals surface area contributed by atoms with E-state index in [1.165, 1.54) is 44.9 Å². The van der Waals surface area contributed by atoms with E-state index in [4.69, 9.17) is 5.73 Å². The molecule has 0 aromatic carbocycles. The van der Waals surface area contributed by atoms with Crippen molar-refractivity contribution < 1.29 is 0 Å². The highest BCUT2D eigenvalue weighted by molar-refractivity contribution is 5.45. The number of anilines is 2. The van der Waals surface area contributed by atoms with Gasteiger partial charge >= 0.3 is 0 Å². The first-order valence-electron chi connectivity index (χ1n) is 6.62. The molecule has 17 heavy (non-hydrogen) atoms. The lowest BCUT2D eigenvalue weighted by Gasteiger charge is -2.21. The molecule has 4 nitrogen and oxygen atoms in total. The van der Waals surface area contributed by atoms with Gasteiger partial charge in [-0.15, -0.1) is 0 Å². The van der Waals surface area contributed by atoms with Crippen LogP contribution in [0.3, 0.4) is 0 Å². The van der Waals surface area contributed by atoms with Crippen molar-refractivity contribution in [1.82, 2.24) is 9.97 Å². The number of nitrogens with two attached hydrogens (primary N) is 1. The quantitative estimate of drug-likeness (QED) is 0.826. The van der Waals surface area contributed by atoms with Gasteiger partial charge in [-0.3, -0.25) is 0 Å². The summed E-state index contributed by atoms with van der Waals surface area (Å²) < 4.78 is 0. The van der Waals surface area contributed by atoms with Crippen molar-refractivity contribution in [3.05, 3.63) is 11.9 Å². The van der Waals surface area contributed by atoms with Crippen LogP contribution in [-0.2, 0) is 0 Å². The van der Waals surface area contributed by atoms with Crippen LogP contribution in [0.2, 0.25) is 0 Å². The summed E-state index contributed by atoms with van der Waals surface area (Å²) in [5, 5.41) is 3.50. The summed E-state index contributed by atoms with van der Waals surface area (Å²) >= 11 is 0. The molecule has 0 amide bonds. The van der Waals surface area contributed by atoms with Crippen molar-refractivity contribution >= 4 is 11.6 Å². The van der Waals surface area contributed by atoms with Gasteiger partial charge < -0.3 is 11.1 Å². The van der Waals surface area contributed by atoms with Crippen molar-refractivity contribution in [2.24, 2.45) is 0 Å². The zero-order valence-electron chi connectivity index (χ0n) is 10.6. The third-order valence-electron chi connectivity index (χ3n) is 3.31. The molecular weight excluding hydrogens is 212 g/mol. The van der Waals surface area contributed by atoms with E-state index in [1.54, 1.807) is 0 Å². The minimum absolute atomic E-state index is 0.545. The highest BCUT2D eigenvalue weighted by Gasteiger charge is 2.12. The van der Waals surface area contributed by atoms with Gasteiger partial charge in [-0.25, -0.2) is 9.97 Å². The van der Waals surface area contributed by atoms with Gasteiger partial charge in [0.05, 0.1) is 0 Å². The maximum Gasteiger partial charge on any atom is 0.132 e. The summed E-state index contributed by atoms with van der Waals surface area (Å²) in [7, 11) is 0. The lowest BCUT2D eigenvalue weighted by molar-refractivity contribution is 0.470. The van der Waals surface area contributed by atoms with Crippen LogP contribution in [0.25, 0.3) is 0 Å². The molecule has 4 heteroatoms. The van der Waals surface area contributed by atoms with E-state index in [2.05, 4.69) is 15.3 Å². The fourth-order valence-electron chi connectivity index (χ4n) is 2.47. The molecule has 2 rings (SSSR count). The number of aromatic nitrogens is 2. The van der Waals surface area contributed by atoms with Crippen LogP contribution in [0.5, 0.6) is 0 Å². The van der Waals surface area contributed by atoms with Gasteiger partial charge in [0.25, 0.3) is 0 Å². The number of nitrogens with zero attached hydrogens (tertiary/aromatic N) is 2. The fraction of sp³-hybridized carbons (Fsp3) is 0.692. The van der Waals surface area contributed by atoms with Crippen LogP contribution in [0.4, 0.5) is 11.6 Å². The summed E-state index contributed by atoms with van der Waals surface area (Å²) in [4.78, 5) is 8.47. The molecular formula is C13H22N4. The second-order valence-electron chi connectivity index (χ2n) is 4.91. The third-order valence-corrected chi connectivity index (χ3v) is 3.31. The van der Waals surface area contributed by atoms with Crippen molar-refractivity contribution in [1.29, 1.82) is 0 Å². The van der Waals surface area contributed by atoms with Crippen molar-refractivity contribution in [2.45, 2.75) is 57.9 Å². The van der Waals surface area contributed by atoms with Crippen molar-refractivity contribution in [3.63, 3.8) is 0 Å². The average Bonchev–Trinajstić information content (AvgIpc) is 2.20. The normalized spacial score (nSPS) is 18.4. The van der Waals surface area contributed by atoms with Gasteiger partial charge in [0, 0.05) is 12.1 Å². The zero-order chi connectivity index (χ0) is 12.1. The molecule has 1 saturated carbocycles. The van der Waals surface area contributed by atoms with Gasteiger partial charge in [-0.1, -0.05) is 32.1 Å². The SMILES string of the molecule is Cc1nc(N)cc(NC2CCCCCCC2)n1. The van der Waals surface area contributed by atoms with E-state index in [-0.39, 0.29) is 0 Å². The topological polar surface area (TPSA) is 63.8 Å². The maximum absolute atomic E-state index is 5.73. The van der Waals surface area contributed by atoms with E-state index < -0.39 is 0 Å². The molecule has 0 aliphatic heterocycles. The summed E-state index contributed by atoms with van der Waals surface area (Å²) in [5.41, 5.74) is 5.73. The number of hydrogen-bond donors (Lipinski definition) is 2. The van der Waals surface area contributed by atoms with Gasteiger partial charge in [0.2, 0.25) is 0 Å².